The second-order valence-corrected chi connectivity index (χ2v) is 13.5. The Balaban J connectivity index is 1.42. The first kappa shape index (κ1) is 27.7. The number of piperazine rings is 1. The fourth-order valence-electron chi connectivity index (χ4n) is 4.25. The van der Waals surface area contributed by atoms with Crippen molar-refractivity contribution in [2.24, 2.45) is 0 Å². The van der Waals surface area contributed by atoms with Gasteiger partial charge in [-0.05, 0) is 57.2 Å². The monoisotopic (exact) mass is 538 g/mol. The third-order valence-electron chi connectivity index (χ3n) is 6.68. The summed E-state index contributed by atoms with van der Waals surface area (Å²) in [5.41, 5.74) is 4.36. The molecule has 2 aromatic carbocycles. The third-order valence-corrected chi connectivity index (χ3v) is 8.96. The summed E-state index contributed by atoms with van der Waals surface area (Å²) in [6, 6.07) is 17.1. The maximum atomic E-state index is 12.9. The molecule has 0 radical (unpaired) electrons. The number of amides is 2. The molecule has 1 aromatic heterocycles. The Kier molecular flexibility index (Phi) is 7.85. The quantitative estimate of drug-likeness (QED) is 0.461. The van der Waals surface area contributed by atoms with Crippen molar-refractivity contribution in [3.05, 3.63) is 65.9 Å². The molecule has 0 aliphatic carbocycles. The summed E-state index contributed by atoms with van der Waals surface area (Å²) >= 11 is 0. The molecule has 38 heavy (non-hydrogen) atoms. The zero-order valence-electron chi connectivity index (χ0n) is 23.0. The number of hydrogen-bond acceptors (Lipinski definition) is 5. The average Bonchev–Trinajstić information content (AvgIpc) is 3.29. The summed E-state index contributed by atoms with van der Waals surface area (Å²) in [5, 5.41) is 10.2. The third kappa shape index (κ3) is 6.19. The van der Waals surface area contributed by atoms with Crippen LogP contribution in [-0.2, 0) is 15.4 Å². The van der Waals surface area contributed by atoms with Crippen molar-refractivity contribution in [3.8, 4) is 5.69 Å². The number of carbonyl (C=O) groups is 1. The molecule has 9 nitrogen and oxygen atoms in total. The fourth-order valence-corrected chi connectivity index (χ4v) is 5.52. The van der Waals surface area contributed by atoms with Gasteiger partial charge in [0, 0.05) is 49.0 Å². The number of rotatable bonds is 6. The van der Waals surface area contributed by atoms with Crippen LogP contribution in [0.1, 0.15) is 45.9 Å². The Bertz CT molecular complexity index is 1370. The van der Waals surface area contributed by atoms with E-state index in [1.165, 1.54) is 0 Å². The largest absolute Gasteiger partial charge is 0.369 e. The number of hydrogen-bond donors (Lipinski definition) is 2. The van der Waals surface area contributed by atoms with E-state index in [0.29, 0.717) is 37.7 Å². The lowest BCUT2D eigenvalue weighted by molar-refractivity contribution is 0.262. The molecule has 1 aliphatic rings. The van der Waals surface area contributed by atoms with E-state index in [0.717, 1.165) is 22.6 Å². The number of aryl methyl sites for hydroxylation is 1. The van der Waals surface area contributed by atoms with Crippen LogP contribution in [0.15, 0.2) is 54.6 Å². The molecule has 4 rings (SSSR count). The molecular formula is C28H38N6O3S. The maximum absolute atomic E-state index is 12.9. The van der Waals surface area contributed by atoms with Gasteiger partial charge in [-0.2, -0.15) is 9.40 Å². The first-order chi connectivity index (χ1) is 17.8. The number of benzene rings is 2. The van der Waals surface area contributed by atoms with Crippen LogP contribution in [0.5, 0.6) is 0 Å². The molecule has 204 valence electrons. The van der Waals surface area contributed by atoms with Crippen molar-refractivity contribution in [3.63, 3.8) is 0 Å². The van der Waals surface area contributed by atoms with Gasteiger partial charge in [0.2, 0.25) is 10.0 Å². The lowest BCUT2D eigenvalue weighted by atomic mass is 9.92. The molecule has 1 fully saturated rings. The van der Waals surface area contributed by atoms with E-state index >= 15 is 0 Å². The molecule has 0 saturated carbocycles. The van der Waals surface area contributed by atoms with Gasteiger partial charge in [0.15, 0.2) is 0 Å². The Morgan fingerprint density at radius 2 is 1.47 bits per heavy atom. The Morgan fingerprint density at radius 3 is 2.03 bits per heavy atom. The van der Waals surface area contributed by atoms with E-state index in [-0.39, 0.29) is 11.4 Å². The molecule has 2 N–H and O–H groups in total. The molecule has 1 aliphatic heterocycles. The van der Waals surface area contributed by atoms with Gasteiger partial charge in [0.1, 0.15) is 5.82 Å². The number of urea groups is 1. The SMILES string of the molecule is Cc1ccc(-n2nc(C(C)(C)C)cc2NC(=O)Nc2ccc(N3CCN(S(=O)(=O)C(C)C)CC3)cc2)cc1. The van der Waals surface area contributed by atoms with Crippen molar-refractivity contribution in [1.29, 1.82) is 0 Å². The van der Waals surface area contributed by atoms with Gasteiger partial charge in [-0.15, -0.1) is 0 Å². The smallest absolute Gasteiger partial charge is 0.324 e. The highest BCUT2D eigenvalue weighted by atomic mass is 32.2. The van der Waals surface area contributed by atoms with Crippen LogP contribution in [-0.4, -0.2) is 60.0 Å². The highest BCUT2D eigenvalue weighted by Crippen LogP contribution is 2.27. The highest BCUT2D eigenvalue weighted by molar-refractivity contribution is 7.89. The van der Waals surface area contributed by atoms with Crippen LogP contribution in [0, 0.1) is 6.92 Å². The fraction of sp³-hybridized carbons (Fsp3) is 0.429. The van der Waals surface area contributed by atoms with Gasteiger partial charge in [0.25, 0.3) is 0 Å². The summed E-state index contributed by atoms with van der Waals surface area (Å²) in [6.07, 6.45) is 0. The molecule has 10 heteroatoms. The lowest BCUT2D eigenvalue weighted by Crippen LogP contribution is -2.50. The van der Waals surface area contributed by atoms with E-state index in [4.69, 9.17) is 5.10 Å². The number of sulfonamides is 1. The van der Waals surface area contributed by atoms with Gasteiger partial charge in [-0.3, -0.25) is 5.32 Å². The van der Waals surface area contributed by atoms with E-state index in [9.17, 15) is 13.2 Å². The van der Waals surface area contributed by atoms with Gasteiger partial charge < -0.3 is 10.2 Å². The van der Waals surface area contributed by atoms with Crippen molar-refractivity contribution in [2.75, 3.05) is 41.7 Å². The van der Waals surface area contributed by atoms with Gasteiger partial charge in [-0.1, -0.05) is 38.5 Å². The molecule has 0 unspecified atom stereocenters. The molecular weight excluding hydrogens is 500 g/mol. The number of nitrogens with one attached hydrogen (secondary N) is 2. The lowest BCUT2D eigenvalue weighted by Gasteiger charge is -2.36. The molecule has 0 spiro atoms. The minimum Gasteiger partial charge on any atom is -0.369 e. The molecule has 0 bridgehead atoms. The van der Waals surface area contributed by atoms with Crippen molar-refractivity contribution < 1.29 is 13.2 Å². The van der Waals surface area contributed by atoms with Crippen LogP contribution in [0.3, 0.4) is 0 Å². The molecule has 0 atom stereocenters. The maximum Gasteiger partial charge on any atom is 0.324 e. The summed E-state index contributed by atoms with van der Waals surface area (Å²) in [5.74, 6) is 0.585. The summed E-state index contributed by atoms with van der Waals surface area (Å²) < 4.78 is 28.2. The molecule has 2 amide bonds. The van der Waals surface area contributed by atoms with Crippen LogP contribution in [0.2, 0.25) is 0 Å². The Morgan fingerprint density at radius 1 is 0.895 bits per heavy atom. The number of carbonyl (C=O) groups excluding carboxylic acids is 1. The first-order valence-electron chi connectivity index (χ1n) is 12.9. The van der Waals surface area contributed by atoms with Gasteiger partial charge >= 0.3 is 6.03 Å². The predicted octanol–water partition coefficient (Wildman–Crippen LogP) is 4.98. The number of nitrogens with zero attached hydrogens (tertiary/aromatic N) is 4. The van der Waals surface area contributed by atoms with Crippen molar-refractivity contribution in [2.45, 2.75) is 52.2 Å². The summed E-state index contributed by atoms with van der Waals surface area (Å²) in [7, 11) is -3.24. The molecule has 1 saturated heterocycles. The van der Waals surface area contributed by atoms with Crippen LogP contribution in [0.4, 0.5) is 22.0 Å². The summed E-state index contributed by atoms with van der Waals surface area (Å²) in [4.78, 5) is 15.1. The van der Waals surface area contributed by atoms with Crippen LogP contribution >= 0.6 is 0 Å². The van der Waals surface area contributed by atoms with Gasteiger partial charge in [0.05, 0.1) is 16.6 Å². The van der Waals surface area contributed by atoms with Crippen molar-refractivity contribution >= 4 is 33.2 Å². The summed E-state index contributed by atoms with van der Waals surface area (Å²) in [6.45, 7) is 13.9. The second-order valence-electron chi connectivity index (χ2n) is 11.0. The molecule has 3 aromatic rings. The van der Waals surface area contributed by atoms with E-state index in [1.54, 1.807) is 22.8 Å². The topological polar surface area (TPSA) is 99.6 Å². The minimum absolute atomic E-state index is 0.177. The van der Waals surface area contributed by atoms with Crippen molar-refractivity contribution in [1.82, 2.24) is 14.1 Å². The normalized spacial score (nSPS) is 15.1. The Labute approximate surface area is 225 Å². The van der Waals surface area contributed by atoms with E-state index in [2.05, 4.69) is 36.3 Å². The molecule has 2 heterocycles. The van der Waals surface area contributed by atoms with Gasteiger partial charge in [-0.25, -0.2) is 17.9 Å². The van der Waals surface area contributed by atoms with Crippen LogP contribution < -0.4 is 15.5 Å². The average molecular weight is 539 g/mol. The zero-order valence-corrected chi connectivity index (χ0v) is 23.8. The zero-order chi connectivity index (χ0) is 27.7. The highest BCUT2D eigenvalue weighted by Gasteiger charge is 2.29. The number of anilines is 3. The Hall–Kier alpha value is -3.37. The second kappa shape index (κ2) is 10.8. The van der Waals surface area contributed by atoms with E-state index < -0.39 is 15.3 Å². The van der Waals surface area contributed by atoms with E-state index in [1.807, 2.05) is 61.5 Å². The first-order valence-corrected chi connectivity index (χ1v) is 14.4. The van der Waals surface area contributed by atoms with Crippen LogP contribution in [0.25, 0.3) is 5.69 Å². The standard InChI is InChI=1S/C28H38N6O3S/c1-20(2)38(36,37)33-17-15-32(16-18-33)23-13-9-22(10-14-23)29-27(35)30-26-19-25(28(4,5)6)31-34(26)24-11-7-21(3)8-12-24/h7-14,19-20H,15-18H2,1-6H3,(H2,29,30,35). The predicted molar refractivity (Wildman–Crippen MR) is 154 cm³/mol. The number of aromatic nitrogens is 2. The minimum atomic E-state index is -3.24.